The lowest BCUT2D eigenvalue weighted by atomic mass is 9.64. The van der Waals surface area contributed by atoms with E-state index in [1.807, 2.05) is 0 Å². The Balaban J connectivity index is 2.48. The van der Waals surface area contributed by atoms with E-state index in [-0.39, 0.29) is 29.8 Å². The molecule has 7 nitrogen and oxygen atoms in total. The zero-order chi connectivity index (χ0) is 18.5. The molecule has 1 aliphatic rings. The Morgan fingerprint density at radius 3 is 2.33 bits per heavy atom. The summed E-state index contributed by atoms with van der Waals surface area (Å²) in [6, 6.07) is 0. The van der Waals surface area contributed by atoms with E-state index in [0.717, 1.165) is 6.42 Å². The molecule has 1 saturated heterocycles. The van der Waals surface area contributed by atoms with E-state index in [2.05, 4.69) is 27.7 Å². The van der Waals surface area contributed by atoms with Gasteiger partial charge in [0.1, 0.15) is 12.2 Å². The van der Waals surface area contributed by atoms with Crippen LogP contribution in [-0.4, -0.2) is 59.0 Å². The molecule has 4 atom stereocenters. The summed E-state index contributed by atoms with van der Waals surface area (Å²) in [4.78, 5) is 11.0. The Bertz CT molecular complexity index is 412. The molecule has 1 heterocycles. The van der Waals surface area contributed by atoms with E-state index in [4.69, 9.17) is 15.2 Å². The molecule has 0 spiro atoms. The summed E-state index contributed by atoms with van der Waals surface area (Å²) < 4.78 is 11.1. The molecule has 5 N–H and O–H groups in total. The summed E-state index contributed by atoms with van der Waals surface area (Å²) in [5.74, 6) is -0.298. The molecule has 142 valence electrons. The van der Waals surface area contributed by atoms with Gasteiger partial charge in [0.05, 0.1) is 19.3 Å². The number of hydrogen-bond donors (Lipinski definition) is 4. The third kappa shape index (κ3) is 5.67. The molecule has 1 rings (SSSR count). The summed E-state index contributed by atoms with van der Waals surface area (Å²) in [5, 5.41) is 28.7. The second kappa shape index (κ2) is 8.58. The maximum atomic E-state index is 11.0. The summed E-state index contributed by atoms with van der Waals surface area (Å²) >= 11 is 0. The van der Waals surface area contributed by atoms with Crippen LogP contribution in [0.4, 0.5) is 0 Å². The zero-order valence-corrected chi connectivity index (χ0v) is 15.2. The highest BCUT2D eigenvalue weighted by atomic mass is 16.7. The van der Waals surface area contributed by atoms with Gasteiger partial charge in [0.15, 0.2) is 6.29 Å². The van der Waals surface area contributed by atoms with Gasteiger partial charge >= 0.3 is 0 Å². The molecule has 0 radical (unpaired) electrons. The summed E-state index contributed by atoms with van der Waals surface area (Å²) in [5.41, 5.74) is 5.06. The number of nitrogens with two attached hydrogens (primary N) is 1. The molecule has 0 aliphatic carbocycles. The van der Waals surface area contributed by atoms with Crippen LogP contribution in [0.3, 0.4) is 0 Å². The van der Waals surface area contributed by atoms with Crippen LogP contribution in [0.1, 0.15) is 53.4 Å². The fraction of sp³-hybridized carbons (Fsp3) is 0.941. The van der Waals surface area contributed by atoms with Gasteiger partial charge in [-0.3, -0.25) is 4.79 Å². The average Bonchev–Trinajstić information content (AvgIpc) is 2.48. The largest absolute Gasteiger partial charge is 0.394 e. The van der Waals surface area contributed by atoms with Crippen molar-refractivity contribution in [2.45, 2.75) is 78.0 Å². The maximum absolute atomic E-state index is 11.0. The van der Waals surface area contributed by atoms with Crippen molar-refractivity contribution in [1.29, 1.82) is 0 Å². The molecule has 1 amide bonds. The van der Waals surface area contributed by atoms with Crippen molar-refractivity contribution in [1.82, 2.24) is 0 Å². The SMILES string of the molecule is CC(C)(CCOC1CC(O)C(O)C(CO)O1)C(C)(C)CCC(N)=O. The van der Waals surface area contributed by atoms with Crippen LogP contribution in [-0.2, 0) is 14.3 Å². The second-order valence-electron chi connectivity index (χ2n) is 7.94. The van der Waals surface area contributed by atoms with Crippen LogP contribution < -0.4 is 5.73 Å². The molecule has 4 unspecified atom stereocenters. The number of ether oxygens (including phenoxy) is 2. The van der Waals surface area contributed by atoms with Crippen LogP contribution in [0.15, 0.2) is 0 Å². The Hall–Kier alpha value is -0.730. The number of carbonyl (C=O) groups excluding carboxylic acids is 1. The Morgan fingerprint density at radius 2 is 1.79 bits per heavy atom. The van der Waals surface area contributed by atoms with Crippen molar-refractivity contribution >= 4 is 5.91 Å². The van der Waals surface area contributed by atoms with Crippen molar-refractivity contribution in [2.24, 2.45) is 16.6 Å². The predicted octanol–water partition coefficient (Wildman–Crippen LogP) is 0.540. The molecule has 0 aromatic heterocycles. The summed E-state index contributed by atoms with van der Waals surface area (Å²) in [6.45, 7) is 8.49. The van der Waals surface area contributed by atoms with E-state index in [1.165, 1.54) is 0 Å². The number of amides is 1. The average molecular weight is 347 g/mol. The lowest BCUT2D eigenvalue weighted by Gasteiger charge is -2.42. The minimum absolute atomic E-state index is 0.0916. The normalized spacial score (nSPS) is 28.8. The highest BCUT2D eigenvalue weighted by molar-refractivity contribution is 5.73. The highest BCUT2D eigenvalue weighted by Gasteiger charge is 2.39. The third-order valence-electron chi connectivity index (χ3n) is 5.57. The maximum Gasteiger partial charge on any atom is 0.217 e. The van der Waals surface area contributed by atoms with Crippen LogP contribution in [0.5, 0.6) is 0 Å². The lowest BCUT2D eigenvalue weighted by molar-refractivity contribution is -0.258. The van der Waals surface area contributed by atoms with Crippen LogP contribution in [0.2, 0.25) is 0 Å². The fourth-order valence-corrected chi connectivity index (χ4v) is 2.73. The number of hydrogen-bond acceptors (Lipinski definition) is 6. The first-order chi connectivity index (χ1) is 11.0. The second-order valence-corrected chi connectivity index (χ2v) is 7.94. The molecule has 0 bridgehead atoms. The Kier molecular flexibility index (Phi) is 7.62. The minimum Gasteiger partial charge on any atom is -0.394 e. The standard InChI is InChI=1S/C17H33NO6/c1-16(2,6-5-13(18)21)17(3,4)7-8-23-14-9-11(20)15(22)12(10-19)24-14/h11-12,14-15,19-20,22H,5-10H2,1-4H3,(H2,18,21). The van der Waals surface area contributed by atoms with E-state index < -0.39 is 24.6 Å². The first-order valence-corrected chi connectivity index (χ1v) is 8.52. The van der Waals surface area contributed by atoms with E-state index >= 15 is 0 Å². The summed E-state index contributed by atoms with van der Waals surface area (Å²) in [7, 11) is 0. The van der Waals surface area contributed by atoms with Crippen molar-refractivity contribution in [3.8, 4) is 0 Å². The van der Waals surface area contributed by atoms with E-state index in [9.17, 15) is 20.1 Å². The van der Waals surface area contributed by atoms with E-state index in [0.29, 0.717) is 19.4 Å². The Labute approximate surface area is 144 Å². The fourth-order valence-electron chi connectivity index (χ4n) is 2.73. The van der Waals surface area contributed by atoms with E-state index in [1.54, 1.807) is 0 Å². The number of rotatable bonds is 9. The number of primary amides is 1. The van der Waals surface area contributed by atoms with Gasteiger partial charge < -0.3 is 30.5 Å². The predicted molar refractivity (Wildman–Crippen MR) is 88.9 cm³/mol. The quantitative estimate of drug-likeness (QED) is 0.483. The topological polar surface area (TPSA) is 122 Å². The van der Waals surface area contributed by atoms with Gasteiger partial charge in [-0.05, 0) is 23.7 Å². The first kappa shape index (κ1) is 21.3. The molecule has 7 heteroatoms. The smallest absolute Gasteiger partial charge is 0.217 e. The molecule has 0 saturated carbocycles. The van der Waals surface area contributed by atoms with Gasteiger partial charge in [-0.25, -0.2) is 0 Å². The van der Waals surface area contributed by atoms with Gasteiger partial charge in [0.25, 0.3) is 0 Å². The van der Waals surface area contributed by atoms with Crippen LogP contribution in [0, 0.1) is 10.8 Å². The van der Waals surface area contributed by atoms with Crippen molar-refractivity contribution in [3.05, 3.63) is 0 Å². The van der Waals surface area contributed by atoms with Gasteiger partial charge in [0, 0.05) is 12.8 Å². The van der Waals surface area contributed by atoms with Crippen molar-refractivity contribution in [2.75, 3.05) is 13.2 Å². The number of carbonyl (C=O) groups is 1. The van der Waals surface area contributed by atoms with Gasteiger partial charge in [0.2, 0.25) is 5.91 Å². The van der Waals surface area contributed by atoms with Crippen molar-refractivity contribution < 1.29 is 29.6 Å². The third-order valence-corrected chi connectivity index (χ3v) is 5.57. The zero-order valence-electron chi connectivity index (χ0n) is 15.2. The number of aliphatic hydroxyl groups excluding tert-OH is 3. The lowest BCUT2D eigenvalue weighted by Crippen LogP contribution is -2.50. The Morgan fingerprint density at radius 1 is 1.21 bits per heavy atom. The van der Waals surface area contributed by atoms with Crippen molar-refractivity contribution in [3.63, 3.8) is 0 Å². The molecular weight excluding hydrogens is 314 g/mol. The minimum atomic E-state index is -1.10. The van der Waals surface area contributed by atoms with Gasteiger partial charge in [-0.2, -0.15) is 0 Å². The van der Waals surface area contributed by atoms with Gasteiger partial charge in [-0.1, -0.05) is 27.7 Å². The van der Waals surface area contributed by atoms with Gasteiger partial charge in [-0.15, -0.1) is 0 Å². The monoisotopic (exact) mass is 347 g/mol. The highest BCUT2D eigenvalue weighted by Crippen LogP contribution is 2.44. The molecule has 24 heavy (non-hydrogen) atoms. The van der Waals surface area contributed by atoms with Crippen LogP contribution in [0.25, 0.3) is 0 Å². The molecule has 1 fully saturated rings. The van der Waals surface area contributed by atoms with Crippen LogP contribution >= 0.6 is 0 Å². The molecule has 0 aromatic rings. The first-order valence-electron chi connectivity index (χ1n) is 8.52. The summed E-state index contributed by atoms with van der Waals surface area (Å²) in [6.07, 6.45) is -1.59. The molecular formula is C17H33NO6. The molecule has 1 aliphatic heterocycles. The number of aliphatic hydroxyl groups is 3. The molecule has 0 aromatic carbocycles.